The Kier molecular flexibility index (Phi) is 6.35. The Hall–Kier alpha value is -2.83. The highest BCUT2D eigenvalue weighted by molar-refractivity contribution is 8.18. The zero-order valence-corrected chi connectivity index (χ0v) is 17.9. The Balaban J connectivity index is 1.64. The summed E-state index contributed by atoms with van der Waals surface area (Å²) in [5, 5.41) is 0.605. The SMILES string of the molecule is CCN1C(=O)/C(=C/c2ccccc2Sc2ccccc2)SC1=Nc1ccc(F)cc1. The maximum Gasteiger partial charge on any atom is 0.266 e. The van der Waals surface area contributed by atoms with E-state index in [9.17, 15) is 9.18 Å². The standard InChI is InChI=1S/C24H19FN2OS2/c1-2-27-23(28)22(30-24(27)26-19-14-12-18(25)13-15-19)16-17-8-6-7-11-21(17)29-20-9-4-3-5-10-20/h3-16H,2H2,1H3/b22-16-,26-24?. The summed E-state index contributed by atoms with van der Waals surface area (Å²) in [6, 6.07) is 24.1. The third-order valence-electron chi connectivity index (χ3n) is 4.43. The number of rotatable bonds is 5. The lowest BCUT2D eigenvalue weighted by Crippen LogP contribution is -2.28. The Morgan fingerprint density at radius 3 is 2.43 bits per heavy atom. The normalized spacial score (nSPS) is 16.6. The number of thioether (sulfide) groups is 1. The lowest BCUT2D eigenvalue weighted by atomic mass is 10.2. The predicted molar refractivity (Wildman–Crippen MR) is 123 cm³/mol. The number of hydrogen-bond acceptors (Lipinski definition) is 4. The van der Waals surface area contributed by atoms with E-state index < -0.39 is 0 Å². The minimum absolute atomic E-state index is 0.0668. The van der Waals surface area contributed by atoms with Crippen molar-refractivity contribution in [2.45, 2.75) is 16.7 Å². The van der Waals surface area contributed by atoms with Gasteiger partial charge in [0, 0.05) is 16.3 Å². The van der Waals surface area contributed by atoms with Crippen LogP contribution in [0.5, 0.6) is 0 Å². The van der Waals surface area contributed by atoms with Crippen molar-refractivity contribution in [1.29, 1.82) is 0 Å². The topological polar surface area (TPSA) is 32.7 Å². The molecule has 3 nitrogen and oxygen atoms in total. The van der Waals surface area contributed by atoms with Gasteiger partial charge >= 0.3 is 0 Å². The Morgan fingerprint density at radius 2 is 1.70 bits per heavy atom. The van der Waals surface area contributed by atoms with E-state index >= 15 is 0 Å². The first-order valence-electron chi connectivity index (χ1n) is 9.51. The monoisotopic (exact) mass is 434 g/mol. The van der Waals surface area contributed by atoms with E-state index in [1.807, 2.05) is 49.4 Å². The van der Waals surface area contributed by atoms with Crippen LogP contribution in [0.3, 0.4) is 0 Å². The molecule has 6 heteroatoms. The number of nitrogens with zero attached hydrogens (tertiary/aromatic N) is 2. The van der Waals surface area contributed by atoms with Gasteiger partial charge < -0.3 is 0 Å². The Morgan fingerprint density at radius 1 is 1.00 bits per heavy atom. The van der Waals surface area contributed by atoms with Crippen molar-refractivity contribution in [3.63, 3.8) is 0 Å². The lowest BCUT2D eigenvalue weighted by molar-refractivity contribution is -0.122. The zero-order valence-electron chi connectivity index (χ0n) is 16.3. The van der Waals surface area contributed by atoms with Gasteiger partial charge in [-0.05, 0) is 72.8 Å². The summed E-state index contributed by atoms with van der Waals surface area (Å²) in [6.45, 7) is 2.43. The maximum atomic E-state index is 13.2. The van der Waals surface area contributed by atoms with Gasteiger partial charge in [-0.15, -0.1) is 0 Å². The van der Waals surface area contributed by atoms with Crippen molar-refractivity contribution in [2.24, 2.45) is 4.99 Å². The van der Waals surface area contributed by atoms with Crippen LogP contribution in [0.25, 0.3) is 6.08 Å². The summed E-state index contributed by atoms with van der Waals surface area (Å²) in [5.41, 5.74) is 1.60. The van der Waals surface area contributed by atoms with Gasteiger partial charge in [0.2, 0.25) is 0 Å². The molecular weight excluding hydrogens is 415 g/mol. The summed E-state index contributed by atoms with van der Waals surface area (Å²) in [6.07, 6.45) is 1.92. The first-order chi connectivity index (χ1) is 14.6. The molecule has 3 aromatic rings. The van der Waals surface area contributed by atoms with Gasteiger partial charge in [0.15, 0.2) is 5.17 Å². The number of benzene rings is 3. The van der Waals surface area contributed by atoms with Crippen LogP contribution in [0, 0.1) is 5.82 Å². The molecule has 30 heavy (non-hydrogen) atoms. The molecule has 1 heterocycles. The van der Waals surface area contributed by atoms with Crippen LogP contribution in [-0.4, -0.2) is 22.5 Å². The first kappa shape index (κ1) is 20.4. The molecule has 0 atom stereocenters. The number of carbonyl (C=O) groups is 1. The van der Waals surface area contributed by atoms with Crippen molar-refractivity contribution in [3.05, 3.63) is 95.1 Å². The quantitative estimate of drug-likeness (QED) is 0.424. The smallest absolute Gasteiger partial charge is 0.266 e. The third-order valence-corrected chi connectivity index (χ3v) is 6.54. The average molecular weight is 435 g/mol. The molecule has 1 amide bonds. The Labute approximate surface area is 183 Å². The fourth-order valence-electron chi connectivity index (χ4n) is 2.95. The van der Waals surface area contributed by atoms with Crippen LogP contribution < -0.4 is 0 Å². The molecule has 1 saturated heterocycles. The van der Waals surface area contributed by atoms with Crippen molar-refractivity contribution < 1.29 is 9.18 Å². The van der Waals surface area contributed by atoms with Crippen LogP contribution >= 0.6 is 23.5 Å². The third kappa shape index (κ3) is 4.66. The first-order valence-corrected chi connectivity index (χ1v) is 11.1. The lowest BCUT2D eigenvalue weighted by Gasteiger charge is -2.12. The molecule has 0 bridgehead atoms. The molecule has 1 aliphatic heterocycles. The second kappa shape index (κ2) is 9.32. The number of amides is 1. The van der Waals surface area contributed by atoms with E-state index in [4.69, 9.17) is 0 Å². The molecule has 0 saturated carbocycles. The number of aliphatic imine (C=N–C) groups is 1. The van der Waals surface area contributed by atoms with E-state index in [2.05, 4.69) is 23.2 Å². The van der Waals surface area contributed by atoms with Crippen molar-refractivity contribution in [3.8, 4) is 0 Å². The molecule has 0 unspecified atom stereocenters. The molecule has 1 fully saturated rings. The molecule has 0 aliphatic carbocycles. The average Bonchev–Trinajstić information content (AvgIpc) is 3.06. The highest BCUT2D eigenvalue weighted by Gasteiger charge is 2.32. The minimum Gasteiger partial charge on any atom is -0.287 e. The van der Waals surface area contributed by atoms with Gasteiger partial charge in [0.25, 0.3) is 5.91 Å². The molecule has 1 aliphatic rings. The van der Waals surface area contributed by atoms with Gasteiger partial charge in [-0.25, -0.2) is 9.38 Å². The summed E-state index contributed by atoms with van der Waals surface area (Å²) in [5.74, 6) is -0.377. The highest BCUT2D eigenvalue weighted by atomic mass is 32.2. The van der Waals surface area contributed by atoms with E-state index in [1.165, 1.54) is 23.9 Å². The number of likely N-dealkylation sites (N-methyl/N-ethyl adjacent to an activating group) is 1. The largest absolute Gasteiger partial charge is 0.287 e. The zero-order chi connectivity index (χ0) is 20.9. The Bertz CT molecular complexity index is 1110. The predicted octanol–water partition coefficient (Wildman–Crippen LogP) is 6.60. The minimum atomic E-state index is -0.311. The highest BCUT2D eigenvalue weighted by Crippen LogP contribution is 2.37. The molecule has 3 aromatic carbocycles. The summed E-state index contributed by atoms with van der Waals surface area (Å²) in [4.78, 5) is 22.0. The summed E-state index contributed by atoms with van der Waals surface area (Å²) >= 11 is 3.01. The molecular formula is C24H19FN2OS2. The molecule has 0 spiro atoms. The van der Waals surface area contributed by atoms with Gasteiger partial charge in [0.1, 0.15) is 5.82 Å². The van der Waals surface area contributed by atoms with Gasteiger partial charge in [-0.3, -0.25) is 9.69 Å². The van der Waals surface area contributed by atoms with E-state index in [0.29, 0.717) is 22.3 Å². The molecule has 150 valence electrons. The number of halogens is 1. The van der Waals surface area contributed by atoms with Gasteiger partial charge in [-0.1, -0.05) is 48.2 Å². The van der Waals surface area contributed by atoms with Crippen LogP contribution in [-0.2, 0) is 4.79 Å². The van der Waals surface area contributed by atoms with E-state index in [0.717, 1.165) is 15.4 Å². The fraction of sp³-hybridized carbons (Fsp3) is 0.0833. The molecule has 0 N–H and O–H groups in total. The number of hydrogen-bond donors (Lipinski definition) is 0. The number of amidine groups is 1. The van der Waals surface area contributed by atoms with Crippen molar-refractivity contribution >= 4 is 46.4 Å². The van der Waals surface area contributed by atoms with Crippen LogP contribution in [0.1, 0.15) is 12.5 Å². The molecule has 0 radical (unpaired) electrons. The second-order valence-corrected chi connectivity index (χ2v) is 8.61. The molecule has 4 rings (SSSR count). The fourth-order valence-corrected chi connectivity index (χ4v) is 4.94. The van der Waals surface area contributed by atoms with E-state index in [-0.39, 0.29) is 11.7 Å². The van der Waals surface area contributed by atoms with E-state index in [1.54, 1.807) is 28.8 Å². The molecule has 0 aromatic heterocycles. The van der Waals surface area contributed by atoms with Crippen molar-refractivity contribution in [2.75, 3.05) is 6.54 Å². The maximum absolute atomic E-state index is 13.2. The van der Waals surface area contributed by atoms with Crippen LogP contribution in [0.4, 0.5) is 10.1 Å². The summed E-state index contributed by atoms with van der Waals surface area (Å²) < 4.78 is 13.2. The van der Waals surface area contributed by atoms with Crippen molar-refractivity contribution in [1.82, 2.24) is 4.90 Å². The van der Waals surface area contributed by atoms with Gasteiger partial charge in [0.05, 0.1) is 10.6 Å². The van der Waals surface area contributed by atoms with Crippen LogP contribution in [0.2, 0.25) is 0 Å². The summed E-state index contributed by atoms with van der Waals surface area (Å²) in [7, 11) is 0. The van der Waals surface area contributed by atoms with Crippen LogP contribution in [0.15, 0.2) is 98.6 Å². The van der Waals surface area contributed by atoms with Gasteiger partial charge in [-0.2, -0.15) is 0 Å². The second-order valence-electron chi connectivity index (χ2n) is 6.48. The number of carbonyl (C=O) groups excluding carboxylic acids is 1.